The van der Waals surface area contributed by atoms with Gasteiger partial charge >= 0.3 is 0 Å². The number of benzene rings is 1. The van der Waals surface area contributed by atoms with Gasteiger partial charge in [0.2, 0.25) is 6.79 Å². The molecule has 0 atom stereocenters. The van der Waals surface area contributed by atoms with E-state index in [4.69, 9.17) is 15.2 Å². The number of nitrogen functional groups attached to an aromatic ring is 1. The number of nitrogens with zero attached hydrogens (tertiary/aromatic N) is 4. The first-order chi connectivity index (χ1) is 12.7. The molecule has 3 N–H and O–H groups in total. The Bertz CT molecular complexity index is 1040. The van der Waals surface area contributed by atoms with Gasteiger partial charge in [0.1, 0.15) is 11.4 Å². The van der Waals surface area contributed by atoms with E-state index in [0.717, 1.165) is 0 Å². The fourth-order valence-electron chi connectivity index (χ4n) is 3.04. The van der Waals surface area contributed by atoms with Crippen LogP contribution in [0.4, 0.5) is 5.69 Å². The fraction of sp³-hybridized carbons (Fsp3) is 0.176. The second-order valence-electron chi connectivity index (χ2n) is 5.95. The van der Waals surface area contributed by atoms with Crippen LogP contribution < -0.4 is 20.5 Å². The molecule has 2 aromatic heterocycles. The Hall–Kier alpha value is -3.62. The molecule has 1 amide bonds. The summed E-state index contributed by atoms with van der Waals surface area (Å²) in [6.45, 7) is 1.37. The van der Waals surface area contributed by atoms with Crippen LogP contribution in [0.25, 0.3) is 22.8 Å². The van der Waals surface area contributed by atoms with E-state index < -0.39 is 0 Å². The maximum Gasteiger partial charge on any atom is 0.269 e. The molecule has 0 aliphatic carbocycles. The summed E-state index contributed by atoms with van der Waals surface area (Å²) in [6, 6.07) is 6.94. The zero-order valence-corrected chi connectivity index (χ0v) is 13.6. The van der Waals surface area contributed by atoms with Crippen molar-refractivity contribution in [2.24, 2.45) is 0 Å². The Morgan fingerprint density at radius 2 is 2.00 bits per heavy atom. The van der Waals surface area contributed by atoms with Crippen LogP contribution in [0.5, 0.6) is 11.5 Å². The van der Waals surface area contributed by atoms with Crippen LogP contribution in [0, 0.1) is 0 Å². The number of hydrogen-bond donors (Lipinski definition) is 2. The van der Waals surface area contributed by atoms with Gasteiger partial charge in [0.25, 0.3) is 5.91 Å². The lowest BCUT2D eigenvalue weighted by Gasteiger charge is -2.13. The van der Waals surface area contributed by atoms with Crippen LogP contribution in [-0.4, -0.2) is 39.0 Å². The number of nitrogens with two attached hydrogens (primary N) is 1. The first-order valence-electron chi connectivity index (χ1n) is 8.08. The topological polar surface area (TPSA) is 117 Å². The summed E-state index contributed by atoms with van der Waals surface area (Å²) in [5.41, 5.74) is 9.02. The van der Waals surface area contributed by atoms with E-state index in [1.807, 2.05) is 0 Å². The first kappa shape index (κ1) is 14.7. The third-order valence-corrected chi connectivity index (χ3v) is 4.33. The number of aromatic nitrogens is 4. The molecule has 2 aliphatic heterocycles. The van der Waals surface area contributed by atoms with Gasteiger partial charge in [0.15, 0.2) is 17.3 Å². The Morgan fingerprint density at radius 1 is 1.15 bits per heavy atom. The Balaban J connectivity index is 1.57. The van der Waals surface area contributed by atoms with Gasteiger partial charge in [-0.2, -0.15) is 5.10 Å². The number of carbonyl (C=O) groups excluding carboxylic acids is 1. The molecule has 0 spiro atoms. The van der Waals surface area contributed by atoms with E-state index in [1.54, 1.807) is 35.1 Å². The predicted octanol–water partition coefficient (Wildman–Crippen LogP) is 1.06. The molecule has 0 saturated carbocycles. The summed E-state index contributed by atoms with van der Waals surface area (Å²) in [5, 5.41) is 7.27. The zero-order valence-electron chi connectivity index (χ0n) is 13.6. The number of anilines is 1. The average molecular weight is 350 g/mol. The van der Waals surface area contributed by atoms with Crippen molar-refractivity contribution < 1.29 is 14.3 Å². The van der Waals surface area contributed by atoms with Gasteiger partial charge in [-0.1, -0.05) is 0 Å². The zero-order chi connectivity index (χ0) is 17.7. The summed E-state index contributed by atoms with van der Waals surface area (Å²) in [6.07, 6.45) is 1.64. The van der Waals surface area contributed by atoms with Crippen molar-refractivity contribution in [3.05, 3.63) is 36.2 Å². The third kappa shape index (κ3) is 2.25. The maximum absolute atomic E-state index is 11.9. The normalized spacial score (nSPS) is 14.8. The molecule has 0 radical (unpaired) electrons. The quantitative estimate of drug-likeness (QED) is 0.664. The number of amides is 1. The summed E-state index contributed by atoms with van der Waals surface area (Å²) in [7, 11) is 0. The minimum Gasteiger partial charge on any atom is -0.454 e. The van der Waals surface area contributed by atoms with Gasteiger partial charge in [-0.05, 0) is 18.2 Å². The highest BCUT2D eigenvalue weighted by Gasteiger charge is 2.22. The van der Waals surface area contributed by atoms with Gasteiger partial charge in [-0.3, -0.25) is 9.48 Å². The molecule has 2 aliphatic rings. The molecule has 0 saturated heterocycles. The van der Waals surface area contributed by atoms with Crippen molar-refractivity contribution in [3.63, 3.8) is 0 Å². The van der Waals surface area contributed by atoms with Crippen LogP contribution >= 0.6 is 0 Å². The molecule has 0 fully saturated rings. The highest BCUT2D eigenvalue weighted by molar-refractivity contribution is 5.94. The van der Waals surface area contributed by atoms with E-state index in [0.29, 0.717) is 58.7 Å². The van der Waals surface area contributed by atoms with Gasteiger partial charge in [0.05, 0.1) is 12.2 Å². The molecule has 0 unspecified atom stereocenters. The summed E-state index contributed by atoms with van der Waals surface area (Å²) in [4.78, 5) is 20.8. The number of carbonyl (C=O) groups is 1. The molecule has 9 heteroatoms. The lowest BCUT2D eigenvalue weighted by molar-refractivity contribution is 0.0924. The second kappa shape index (κ2) is 5.45. The highest BCUT2D eigenvalue weighted by atomic mass is 16.7. The molecular weight excluding hydrogens is 336 g/mol. The summed E-state index contributed by atoms with van der Waals surface area (Å²) < 4.78 is 12.4. The maximum atomic E-state index is 11.9. The van der Waals surface area contributed by atoms with E-state index in [9.17, 15) is 4.79 Å². The van der Waals surface area contributed by atoms with Crippen molar-refractivity contribution in [2.75, 3.05) is 19.1 Å². The molecule has 9 nitrogen and oxygen atoms in total. The van der Waals surface area contributed by atoms with Gasteiger partial charge in [-0.25, -0.2) is 9.97 Å². The number of hydrogen-bond acceptors (Lipinski definition) is 7. The molecule has 130 valence electrons. The molecule has 4 heterocycles. The molecule has 1 aromatic carbocycles. The van der Waals surface area contributed by atoms with E-state index in [-0.39, 0.29) is 12.7 Å². The fourth-order valence-corrected chi connectivity index (χ4v) is 3.04. The lowest BCUT2D eigenvalue weighted by atomic mass is 10.1. The highest BCUT2D eigenvalue weighted by Crippen LogP contribution is 2.39. The summed E-state index contributed by atoms with van der Waals surface area (Å²) in [5.74, 6) is 1.53. The van der Waals surface area contributed by atoms with Gasteiger partial charge in [-0.15, -0.1) is 0 Å². The molecule has 26 heavy (non-hydrogen) atoms. The van der Waals surface area contributed by atoms with Crippen molar-refractivity contribution in [1.29, 1.82) is 0 Å². The number of rotatable bonds is 2. The van der Waals surface area contributed by atoms with Crippen molar-refractivity contribution in [3.8, 4) is 34.3 Å². The Kier molecular flexibility index (Phi) is 3.08. The van der Waals surface area contributed by atoms with E-state index in [1.165, 1.54) is 0 Å². The predicted molar refractivity (Wildman–Crippen MR) is 91.6 cm³/mol. The average Bonchev–Trinajstić information content (AvgIpc) is 3.28. The molecule has 3 aromatic rings. The minimum atomic E-state index is -0.135. The van der Waals surface area contributed by atoms with Crippen LogP contribution in [0.1, 0.15) is 10.5 Å². The van der Waals surface area contributed by atoms with Crippen molar-refractivity contribution in [2.45, 2.75) is 6.54 Å². The molecule has 5 rings (SSSR count). The Morgan fingerprint density at radius 3 is 2.85 bits per heavy atom. The van der Waals surface area contributed by atoms with E-state index in [2.05, 4.69) is 20.4 Å². The SMILES string of the molecule is Nc1cc2c(cc1-c1nccc(-c3cc4n(n3)CCNC4=O)n1)OCO2. The number of fused-ring (bicyclic) bond motifs is 2. The number of nitrogens with one attached hydrogen (secondary N) is 1. The van der Waals surface area contributed by atoms with Crippen molar-refractivity contribution >= 4 is 11.6 Å². The molecular formula is C17H14N6O3. The van der Waals surface area contributed by atoms with Crippen molar-refractivity contribution in [1.82, 2.24) is 25.1 Å². The van der Waals surface area contributed by atoms with Crippen LogP contribution in [0.3, 0.4) is 0 Å². The van der Waals surface area contributed by atoms with Crippen LogP contribution in [0.2, 0.25) is 0 Å². The van der Waals surface area contributed by atoms with Gasteiger partial charge < -0.3 is 20.5 Å². The number of ether oxygens (including phenoxy) is 2. The smallest absolute Gasteiger partial charge is 0.269 e. The summed E-state index contributed by atoms with van der Waals surface area (Å²) >= 11 is 0. The third-order valence-electron chi connectivity index (χ3n) is 4.33. The van der Waals surface area contributed by atoms with Crippen LogP contribution in [0.15, 0.2) is 30.5 Å². The van der Waals surface area contributed by atoms with E-state index >= 15 is 0 Å². The van der Waals surface area contributed by atoms with Crippen LogP contribution in [-0.2, 0) is 6.54 Å². The second-order valence-corrected chi connectivity index (χ2v) is 5.95. The standard InChI is InChI=1S/C17H14N6O3/c18-10-6-15-14(25-8-26-15)5-9(10)16-19-2-1-11(21-16)12-7-13-17(24)20-3-4-23(13)22-12/h1-2,5-7H,3-4,8,18H2,(H,20,24). The Labute approximate surface area is 147 Å². The van der Waals surface area contributed by atoms with Gasteiger partial charge in [0, 0.05) is 30.1 Å². The largest absolute Gasteiger partial charge is 0.454 e. The molecule has 0 bridgehead atoms. The lowest BCUT2D eigenvalue weighted by Crippen LogP contribution is -2.35. The first-order valence-corrected chi connectivity index (χ1v) is 8.08. The minimum absolute atomic E-state index is 0.135. The monoisotopic (exact) mass is 350 g/mol.